The van der Waals surface area contributed by atoms with E-state index in [1.807, 2.05) is 31.2 Å². The van der Waals surface area contributed by atoms with Crippen molar-refractivity contribution in [1.82, 2.24) is 14.6 Å². The van der Waals surface area contributed by atoms with Gasteiger partial charge in [0.25, 0.3) is 11.1 Å². The van der Waals surface area contributed by atoms with Gasteiger partial charge in [-0.1, -0.05) is 30.4 Å². The summed E-state index contributed by atoms with van der Waals surface area (Å²) in [6.07, 6.45) is 2.85. The van der Waals surface area contributed by atoms with Gasteiger partial charge in [-0.3, -0.25) is 9.59 Å². The lowest BCUT2D eigenvalue weighted by Gasteiger charge is -2.12. The first kappa shape index (κ1) is 24.2. The summed E-state index contributed by atoms with van der Waals surface area (Å²) in [4.78, 5) is 30.0. The standard InChI is InChI=1S/C25H25N3O6S/c1-5-10-34-17-8-6-15(7-9-17)11-18-23(29)26-25-28(27-18)24(30)21(35-25)14-16-12-19(31-2)22(33-4)20(13-16)32-3/h6-9,12-14H,5,10-11H2,1-4H3/b21-14+. The average molecular weight is 496 g/mol. The molecule has 35 heavy (non-hydrogen) atoms. The van der Waals surface area contributed by atoms with Gasteiger partial charge in [-0.05, 0) is 47.9 Å². The zero-order valence-electron chi connectivity index (χ0n) is 19.9. The minimum Gasteiger partial charge on any atom is -0.494 e. The second-order valence-electron chi connectivity index (χ2n) is 7.60. The molecule has 0 aliphatic heterocycles. The maximum Gasteiger partial charge on any atom is 0.296 e. The van der Waals surface area contributed by atoms with Crippen molar-refractivity contribution < 1.29 is 18.9 Å². The number of aromatic nitrogens is 3. The number of hydrogen-bond acceptors (Lipinski definition) is 9. The maximum absolute atomic E-state index is 13.1. The number of benzene rings is 2. The largest absolute Gasteiger partial charge is 0.494 e. The predicted molar refractivity (Wildman–Crippen MR) is 133 cm³/mol. The second-order valence-corrected chi connectivity index (χ2v) is 8.61. The van der Waals surface area contributed by atoms with Gasteiger partial charge in [0.05, 0.1) is 32.5 Å². The van der Waals surface area contributed by atoms with E-state index in [2.05, 4.69) is 10.1 Å². The topological polar surface area (TPSA) is 101 Å². The van der Waals surface area contributed by atoms with Crippen molar-refractivity contribution in [2.24, 2.45) is 0 Å². The third-order valence-corrected chi connectivity index (χ3v) is 6.16. The molecule has 4 rings (SSSR count). The van der Waals surface area contributed by atoms with Crippen LogP contribution in [0, 0.1) is 0 Å². The molecule has 10 heteroatoms. The summed E-state index contributed by atoms with van der Waals surface area (Å²) in [5.74, 6) is 2.14. The van der Waals surface area contributed by atoms with Crippen molar-refractivity contribution in [2.75, 3.05) is 27.9 Å². The highest BCUT2D eigenvalue weighted by Crippen LogP contribution is 2.38. The fourth-order valence-electron chi connectivity index (χ4n) is 3.50. The highest BCUT2D eigenvalue weighted by atomic mass is 32.1. The number of rotatable bonds is 9. The summed E-state index contributed by atoms with van der Waals surface area (Å²) in [5.41, 5.74) is 0.899. The summed E-state index contributed by atoms with van der Waals surface area (Å²) in [6, 6.07) is 10.9. The summed E-state index contributed by atoms with van der Waals surface area (Å²) in [7, 11) is 4.56. The Morgan fingerprint density at radius 1 is 1.00 bits per heavy atom. The molecule has 0 saturated carbocycles. The van der Waals surface area contributed by atoms with Gasteiger partial charge in [-0.15, -0.1) is 0 Å². The van der Waals surface area contributed by atoms with Crippen molar-refractivity contribution in [3.8, 4) is 23.0 Å². The minimum atomic E-state index is -0.461. The summed E-state index contributed by atoms with van der Waals surface area (Å²) >= 11 is 1.09. The monoisotopic (exact) mass is 495 g/mol. The maximum atomic E-state index is 13.1. The lowest BCUT2D eigenvalue weighted by atomic mass is 10.1. The number of fused-ring (bicyclic) bond motifs is 1. The second kappa shape index (κ2) is 10.6. The molecule has 0 radical (unpaired) electrons. The van der Waals surface area contributed by atoms with E-state index in [0.717, 1.165) is 29.1 Å². The Balaban J connectivity index is 1.70. The van der Waals surface area contributed by atoms with E-state index in [0.29, 0.717) is 34.0 Å². The fourth-order valence-corrected chi connectivity index (χ4v) is 4.41. The van der Waals surface area contributed by atoms with Crippen LogP contribution in [-0.2, 0) is 6.42 Å². The molecule has 4 aromatic rings. The Kier molecular flexibility index (Phi) is 7.31. The third kappa shape index (κ3) is 5.12. The first-order chi connectivity index (χ1) is 17.0. The molecule has 9 nitrogen and oxygen atoms in total. The van der Waals surface area contributed by atoms with Gasteiger partial charge in [0, 0.05) is 6.42 Å². The molecule has 2 heterocycles. The molecule has 0 bridgehead atoms. The van der Waals surface area contributed by atoms with Crippen LogP contribution in [0.1, 0.15) is 30.2 Å². The van der Waals surface area contributed by atoms with Crippen LogP contribution < -0.4 is 34.6 Å². The molecule has 0 amide bonds. The average Bonchev–Trinajstić information content (AvgIpc) is 3.16. The molecule has 0 N–H and O–H groups in total. The lowest BCUT2D eigenvalue weighted by Crippen LogP contribution is -2.28. The van der Waals surface area contributed by atoms with Crippen LogP contribution in [-0.4, -0.2) is 42.5 Å². The Labute approximate surface area is 205 Å². The zero-order valence-corrected chi connectivity index (χ0v) is 20.7. The van der Waals surface area contributed by atoms with E-state index >= 15 is 0 Å². The Hall–Kier alpha value is -3.92. The molecule has 182 valence electrons. The zero-order chi connectivity index (χ0) is 24.9. The van der Waals surface area contributed by atoms with Crippen LogP contribution in [0.15, 0.2) is 46.0 Å². The van der Waals surface area contributed by atoms with Crippen molar-refractivity contribution in [2.45, 2.75) is 19.8 Å². The van der Waals surface area contributed by atoms with E-state index in [9.17, 15) is 9.59 Å². The number of thiazole rings is 1. The predicted octanol–water partition coefficient (Wildman–Crippen LogP) is 2.46. The molecular formula is C25H25N3O6S. The van der Waals surface area contributed by atoms with Crippen LogP contribution in [0.5, 0.6) is 23.0 Å². The SMILES string of the molecule is CCCOc1ccc(Cc2nn3c(=O)/c(=C\c4cc(OC)c(OC)c(OC)c4)sc3nc2=O)cc1. The first-order valence-corrected chi connectivity index (χ1v) is 11.7. The third-order valence-electron chi connectivity index (χ3n) is 5.20. The van der Waals surface area contributed by atoms with Crippen LogP contribution in [0.2, 0.25) is 0 Å². The Morgan fingerprint density at radius 3 is 2.29 bits per heavy atom. The highest BCUT2D eigenvalue weighted by Gasteiger charge is 2.15. The molecule has 0 fully saturated rings. The van der Waals surface area contributed by atoms with Gasteiger partial charge >= 0.3 is 0 Å². The number of methoxy groups -OCH3 is 3. The van der Waals surface area contributed by atoms with Gasteiger partial charge < -0.3 is 18.9 Å². The van der Waals surface area contributed by atoms with Crippen molar-refractivity contribution in [3.63, 3.8) is 0 Å². The molecule has 0 saturated heterocycles. The summed E-state index contributed by atoms with van der Waals surface area (Å²) < 4.78 is 23.2. The van der Waals surface area contributed by atoms with E-state index in [4.69, 9.17) is 18.9 Å². The molecule has 0 spiro atoms. The van der Waals surface area contributed by atoms with Gasteiger partial charge in [-0.25, -0.2) is 0 Å². The quantitative estimate of drug-likeness (QED) is 0.349. The Morgan fingerprint density at radius 2 is 1.69 bits per heavy atom. The van der Waals surface area contributed by atoms with Crippen LogP contribution in [0.25, 0.3) is 11.0 Å². The van der Waals surface area contributed by atoms with Gasteiger partial charge in [0.15, 0.2) is 11.5 Å². The van der Waals surface area contributed by atoms with Crippen molar-refractivity contribution >= 4 is 22.4 Å². The van der Waals surface area contributed by atoms with E-state index < -0.39 is 5.56 Å². The summed E-state index contributed by atoms with van der Waals surface area (Å²) in [5, 5.41) is 4.32. The highest BCUT2D eigenvalue weighted by molar-refractivity contribution is 7.15. The molecular weight excluding hydrogens is 470 g/mol. The van der Waals surface area contributed by atoms with Crippen molar-refractivity contribution in [1.29, 1.82) is 0 Å². The smallest absolute Gasteiger partial charge is 0.296 e. The molecule has 2 aromatic heterocycles. The van der Waals surface area contributed by atoms with E-state index in [1.54, 1.807) is 18.2 Å². The van der Waals surface area contributed by atoms with E-state index in [1.165, 1.54) is 25.8 Å². The minimum absolute atomic E-state index is 0.193. The molecule has 2 aromatic carbocycles. The normalized spacial score (nSPS) is 11.6. The summed E-state index contributed by atoms with van der Waals surface area (Å²) in [6.45, 7) is 2.68. The van der Waals surface area contributed by atoms with Gasteiger partial charge in [0.2, 0.25) is 10.7 Å². The molecule has 0 unspecified atom stereocenters. The van der Waals surface area contributed by atoms with Gasteiger partial charge in [0.1, 0.15) is 11.4 Å². The van der Waals surface area contributed by atoms with Crippen LogP contribution >= 0.6 is 11.3 Å². The first-order valence-electron chi connectivity index (χ1n) is 10.9. The molecule has 0 aliphatic rings. The number of nitrogens with zero attached hydrogens (tertiary/aromatic N) is 3. The molecule has 0 aliphatic carbocycles. The van der Waals surface area contributed by atoms with Crippen molar-refractivity contribution in [3.05, 3.63) is 78.5 Å². The van der Waals surface area contributed by atoms with Crippen LogP contribution in [0.3, 0.4) is 0 Å². The van der Waals surface area contributed by atoms with E-state index in [-0.39, 0.29) is 22.6 Å². The number of hydrogen-bond donors (Lipinski definition) is 0. The molecule has 0 atom stereocenters. The van der Waals surface area contributed by atoms with Crippen LogP contribution in [0.4, 0.5) is 0 Å². The van der Waals surface area contributed by atoms with Gasteiger partial charge in [-0.2, -0.15) is 14.6 Å². The fraction of sp³-hybridized carbons (Fsp3) is 0.280. The Bertz CT molecular complexity index is 1490. The lowest BCUT2D eigenvalue weighted by molar-refractivity contribution is 0.317. The number of ether oxygens (including phenoxy) is 4.